The Bertz CT molecular complexity index is 227. The summed E-state index contributed by atoms with van der Waals surface area (Å²) < 4.78 is 0. The van der Waals surface area contributed by atoms with Crippen LogP contribution in [0.1, 0.15) is 70.6 Å². The second kappa shape index (κ2) is 7.19. The van der Waals surface area contributed by atoms with E-state index in [-0.39, 0.29) is 0 Å². The Kier molecular flexibility index (Phi) is 5.88. The van der Waals surface area contributed by atoms with E-state index < -0.39 is 0 Å². The van der Waals surface area contributed by atoms with E-state index in [0.717, 1.165) is 11.8 Å². The van der Waals surface area contributed by atoms with Crippen molar-refractivity contribution >= 4 is 12.6 Å². The summed E-state index contributed by atoms with van der Waals surface area (Å²) in [6.45, 7) is 1.29. The first kappa shape index (κ1) is 14.7. The monoisotopic (exact) mass is 269 g/mol. The van der Waals surface area contributed by atoms with Crippen molar-refractivity contribution in [2.75, 3.05) is 19.3 Å². The van der Waals surface area contributed by atoms with Crippen molar-refractivity contribution in [2.45, 2.75) is 76.7 Å². The molecule has 1 nitrogen and oxygen atoms in total. The Morgan fingerprint density at radius 2 is 1.50 bits per heavy atom. The normalized spacial score (nSPS) is 26.2. The first-order valence-electron chi connectivity index (χ1n) is 8.07. The zero-order valence-electron chi connectivity index (χ0n) is 12.2. The van der Waals surface area contributed by atoms with Gasteiger partial charge in [0.2, 0.25) is 0 Å². The van der Waals surface area contributed by atoms with Crippen molar-refractivity contribution in [3.05, 3.63) is 0 Å². The van der Waals surface area contributed by atoms with Crippen LogP contribution in [0.2, 0.25) is 0 Å². The van der Waals surface area contributed by atoms with E-state index in [1.807, 2.05) is 0 Å². The van der Waals surface area contributed by atoms with Crippen LogP contribution in [0, 0.1) is 5.41 Å². The van der Waals surface area contributed by atoms with Gasteiger partial charge in [-0.05, 0) is 43.9 Å². The van der Waals surface area contributed by atoms with Crippen molar-refractivity contribution in [3.8, 4) is 0 Å². The molecular weight excluding hydrogens is 238 g/mol. The lowest BCUT2D eigenvalue weighted by Gasteiger charge is -2.41. The highest BCUT2D eigenvalue weighted by atomic mass is 32.1. The van der Waals surface area contributed by atoms with E-state index in [0.29, 0.717) is 5.41 Å². The minimum Gasteiger partial charge on any atom is -0.303 e. The van der Waals surface area contributed by atoms with Gasteiger partial charge in [-0.1, -0.05) is 44.9 Å². The van der Waals surface area contributed by atoms with Gasteiger partial charge >= 0.3 is 0 Å². The summed E-state index contributed by atoms with van der Waals surface area (Å²) in [6.07, 6.45) is 15.8. The second-order valence-electron chi connectivity index (χ2n) is 6.78. The van der Waals surface area contributed by atoms with Crippen molar-refractivity contribution in [2.24, 2.45) is 5.41 Å². The van der Waals surface area contributed by atoms with Crippen molar-refractivity contribution < 1.29 is 0 Å². The molecule has 0 saturated heterocycles. The van der Waals surface area contributed by atoms with E-state index in [4.69, 9.17) is 0 Å². The van der Waals surface area contributed by atoms with Crippen LogP contribution in [0.25, 0.3) is 0 Å². The first-order valence-corrected chi connectivity index (χ1v) is 8.70. The predicted molar refractivity (Wildman–Crippen MR) is 83.5 cm³/mol. The van der Waals surface area contributed by atoms with Gasteiger partial charge in [-0.25, -0.2) is 0 Å². The molecule has 0 bridgehead atoms. The Balaban J connectivity index is 1.89. The Hall–Kier alpha value is 0.310. The lowest BCUT2D eigenvalue weighted by atomic mass is 9.75. The third-order valence-electron chi connectivity index (χ3n) is 5.28. The van der Waals surface area contributed by atoms with Gasteiger partial charge < -0.3 is 4.90 Å². The number of nitrogens with zero attached hydrogens (tertiary/aromatic N) is 1. The summed E-state index contributed by atoms with van der Waals surface area (Å²) in [4.78, 5) is 2.69. The summed E-state index contributed by atoms with van der Waals surface area (Å²) in [5, 5.41) is 0. The third-order valence-corrected chi connectivity index (χ3v) is 5.95. The number of rotatable bonds is 4. The molecule has 0 aliphatic heterocycles. The van der Waals surface area contributed by atoms with E-state index in [1.54, 1.807) is 0 Å². The fourth-order valence-corrected chi connectivity index (χ4v) is 4.44. The van der Waals surface area contributed by atoms with Crippen LogP contribution in [0.5, 0.6) is 0 Å². The molecule has 0 aromatic rings. The fraction of sp³-hybridized carbons (Fsp3) is 1.00. The molecule has 0 atom stereocenters. The van der Waals surface area contributed by atoms with E-state index in [9.17, 15) is 0 Å². The molecule has 0 amide bonds. The molecule has 2 aliphatic carbocycles. The molecule has 0 radical (unpaired) electrons. The molecule has 0 aromatic heterocycles. The molecule has 2 heteroatoms. The molecule has 2 aliphatic rings. The van der Waals surface area contributed by atoms with Crippen LogP contribution < -0.4 is 0 Å². The van der Waals surface area contributed by atoms with Crippen molar-refractivity contribution in [1.82, 2.24) is 4.90 Å². The zero-order chi connectivity index (χ0) is 12.8. The molecule has 2 rings (SSSR count). The summed E-state index contributed by atoms with van der Waals surface area (Å²) in [6, 6.07) is 0.853. The maximum Gasteiger partial charge on any atom is 0.00924 e. The minimum absolute atomic E-state index is 0.530. The Morgan fingerprint density at radius 3 is 2.06 bits per heavy atom. The molecular formula is C16H31NS. The first-order chi connectivity index (χ1) is 8.76. The van der Waals surface area contributed by atoms with Crippen LogP contribution in [0.4, 0.5) is 0 Å². The van der Waals surface area contributed by atoms with Crippen LogP contribution in [0.3, 0.4) is 0 Å². The van der Waals surface area contributed by atoms with E-state index >= 15 is 0 Å². The van der Waals surface area contributed by atoms with Gasteiger partial charge in [-0.3, -0.25) is 0 Å². The molecule has 0 aromatic carbocycles. The van der Waals surface area contributed by atoms with E-state index in [1.165, 1.54) is 77.2 Å². The van der Waals surface area contributed by atoms with Gasteiger partial charge in [0, 0.05) is 12.6 Å². The summed E-state index contributed by atoms with van der Waals surface area (Å²) in [5.41, 5.74) is 0.530. The van der Waals surface area contributed by atoms with Crippen molar-refractivity contribution in [1.29, 1.82) is 0 Å². The highest BCUT2D eigenvalue weighted by molar-refractivity contribution is 7.80. The summed E-state index contributed by atoms with van der Waals surface area (Å²) in [5.74, 6) is 1.09. The largest absolute Gasteiger partial charge is 0.303 e. The number of hydrogen-bond acceptors (Lipinski definition) is 2. The summed E-state index contributed by atoms with van der Waals surface area (Å²) in [7, 11) is 2.37. The maximum absolute atomic E-state index is 4.68. The predicted octanol–water partition coefficient (Wildman–Crippen LogP) is 4.52. The number of thiol groups is 1. The minimum atomic E-state index is 0.530. The van der Waals surface area contributed by atoms with Crippen LogP contribution in [0.15, 0.2) is 0 Å². The number of hydrogen-bond donors (Lipinski definition) is 1. The zero-order valence-corrected chi connectivity index (χ0v) is 13.1. The average molecular weight is 269 g/mol. The average Bonchev–Trinajstić information content (AvgIpc) is 2.68. The van der Waals surface area contributed by atoms with Crippen LogP contribution >= 0.6 is 12.6 Å². The van der Waals surface area contributed by atoms with E-state index in [2.05, 4.69) is 24.6 Å². The van der Waals surface area contributed by atoms with Gasteiger partial charge in [-0.15, -0.1) is 0 Å². The molecule has 106 valence electrons. The summed E-state index contributed by atoms with van der Waals surface area (Å²) >= 11 is 4.68. The Morgan fingerprint density at radius 1 is 0.944 bits per heavy atom. The molecule has 18 heavy (non-hydrogen) atoms. The van der Waals surface area contributed by atoms with Gasteiger partial charge in [0.25, 0.3) is 0 Å². The quantitative estimate of drug-likeness (QED) is 0.580. The second-order valence-corrected chi connectivity index (χ2v) is 7.10. The van der Waals surface area contributed by atoms with Crippen molar-refractivity contribution in [3.63, 3.8) is 0 Å². The lowest BCUT2D eigenvalue weighted by molar-refractivity contribution is 0.107. The lowest BCUT2D eigenvalue weighted by Crippen LogP contribution is -2.43. The molecule has 0 spiro atoms. The topological polar surface area (TPSA) is 3.24 Å². The van der Waals surface area contributed by atoms with Gasteiger partial charge in [0.1, 0.15) is 0 Å². The smallest absolute Gasteiger partial charge is 0.00924 e. The molecule has 0 heterocycles. The van der Waals surface area contributed by atoms with Gasteiger partial charge in [0.15, 0.2) is 0 Å². The van der Waals surface area contributed by atoms with Crippen LogP contribution in [-0.4, -0.2) is 30.3 Å². The third kappa shape index (κ3) is 3.90. The Labute approximate surface area is 119 Å². The highest BCUT2D eigenvalue weighted by Gasteiger charge is 2.33. The van der Waals surface area contributed by atoms with Gasteiger partial charge in [0.05, 0.1) is 0 Å². The fourth-order valence-electron chi connectivity index (χ4n) is 4.02. The molecule has 2 fully saturated rings. The standard InChI is InChI=1S/C16H31NS/c1-17(15-9-5-2-3-6-10-15)13-16(14-18)11-7-4-8-12-16/h15,18H,2-14H2,1H3. The molecule has 0 N–H and O–H groups in total. The maximum atomic E-state index is 4.68. The molecule has 2 saturated carbocycles. The van der Waals surface area contributed by atoms with Crippen LogP contribution in [-0.2, 0) is 0 Å². The molecule has 0 unspecified atom stereocenters. The van der Waals surface area contributed by atoms with Gasteiger partial charge in [-0.2, -0.15) is 12.6 Å². The SMILES string of the molecule is CN(CC1(CS)CCCCC1)C1CCCCCC1. The highest BCUT2D eigenvalue weighted by Crippen LogP contribution is 2.38.